The normalized spacial score (nSPS) is 17.3. The first-order valence-electron chi connectivity index (χ1n) is 12.0. The maximum atomic E-state index is 13.5. The van der Waals surface area contributed by atoms with Gasteiger partial charge in [0.15, 0.2) is 11.5 Å². The lowest BCUT2D eigenvalue weighted by Crippen LogP contribution is -3.12. The van der Waals surface area contributed by atoms with Crippen molar-refractivity contribution >= 4 is 29.1 Å². The zero-order valence-electron chi connectivity index (χ0n) is 20.7. The third-order valence-corrected chi connectivity index (χ3v) is 6.56. The Labute approximate surface area is 211 Å². The molecule has 1 unspecified atom stereocenters. The number of quaternary nitrogens is 1. The molecule has 0 radical (unpaired) electrons. The van der Waals surface area contributed by atoms with Gasteiger partial charge in [0, 0.05) is 10.6 Å². The van der Waals surface area contributed by atoms with Gasteiger partial charge in [0.2, 0.25) is 5.78 Å². The van der Waals surface area contributed by atoms with Gasteiger partial charge in [-0.3, -0.25) is 9.59 Å². The summed E-state index contributed by atoms with van der Waals surface area (Å²) in [5, 5.41) is 14.0. The molecule has 8 heteroatoms. The highest BCUT2D eigenvalue weighted by Crippen LogP contribution is 2.41. The van der Waals surface area contributed by atoms with Gasteiger partial charge >= 0.3 is 0 Å². The number of rotatable bonds is 11. The summed E-state index contributed by atoms with van der Waals surface area (Å²) < 4.78 is 11.3. The van der Waals surface area contributed by atoms with E-state index in [1.165, 1.54) is 16.9 Å². The number of ether oxygens (including phenoxy) is 2. The second kappa shape index (κ2) is 12.1. The van der Waals surface area contributed by atoms with Gasteiger partial charge in [0.25, 0.3) is 5.91 Å². The smallest absolute Gasteiger partial charge is 0.295 e. The highest BCUT2D eigenvalue weighted by molar-refractivity contribution is 6.46. The van der Waals surface area contributed by atoms with Crippen LogP contribution in [-0.4, -0.2) is 56.5 Å². The van der Waals surface area contributed by atoms with Crippen LogP contribution in [0.5, 0.6) is 11.5 Å². The Kier molecular flexibility index (Phi) is 9.18. The first-order valence-corrected chi connectivity index (χ1v) is 12.4. The number of nitrogens with one attached hydrogen (secondary N) is 1. The summed E-state index contributed by atoms with van der Waals surface area (Å²) in [6, 6.07) is 10.8. The lowest BCUT2D eigenvalue weighted by atomic mass is 9.95. The van der Waals surface area contributed by atoms with Crippen LogP contribution in [0.2, 0.25) is 5.02 Å². The molecule has 1 fully saturated rings. The Balaban J connectivity index is 2.12. The van der Waals surface area contributed by atoms with E-state index in [9.17, 15) is 14.7 Å². The molecule has 1 aliphatic rings. The van der Waals surface area contributed by atoms with Crippen molar-refractivity contribution in [1.29, 1.82) is 0 Å². The number of likely N-dealkylation sites (N-methyl/N-ethyl adjacent to an activating group) is 1. The second-order valence-electron chi connectivity index (χ2n) is 8.45. The van der Waals surface area contributed by atoms with Crippen LogP contribution < -0.4 is 19.5 Å². The molecule has 7 nitrogen and oxygen atoms in total. The van der Waals surface area contributed by atoms with Gasteiger partial charge in [-0.25, -0.2) is 0 Å². The zero-order chi connectivity index (χ0) is 25.5. The van der Waals surface area contributed by atoms with E-state index < -0.39 is 23.5 Å². The van der Waals surface area contributed by atoms with E-state index in [1.54, 1.807) is 42.5 Å². The molecule has 0 saturated carbocycles. The molecule has 35 heavy (non-hydrogen) atoms. The van der Waals surface area contributed by atoms with Crippen LogP contribution in [0.25, 0.3) is 5.76 Å². The number of carbonyl (C=O) groups is 2. The summed E-state index contributed by atoms with van der Waals surface area (Å²) in [5.74, 6) is -0.860. The predicted octanol–water partition coefficient (Wildman–Crippen LogP) is 2.29. The van der Waals surface area contributed by atoms with E-state index in [1.807, 2.05) is 6.92 Å². The number of nitrogens with zero attached hydrogens (tertiary/aromatic N) is 1. The van der Waals surface area contributed by atoms with Gasteiger partial charge in [-0.15, -0.1) is 0 Å². The van der Waals surface area contributed by atoms with Crippen molar-refractivity contribution in [2.45, 2.75) is 33.2 Å². The van der Waals surface area contributed by atoms with Crippen molar-refractivity contribution in [1.82, 2.24) is 4.90 Å². The van der Waals surface area contributed by atoms with E-state index in [4.69, 9.17) is 21.1 Å². The lowest BCUT2D eigenvalue weighted by molar-refractivity contribution is -0.895. The number of amides is 1. The van der Waals surface area contributed by atoms with Crippen LogP contribution in [0.1, 0.15) is 44.4 Å². The summed E-state index contributed by atoms with van der Waals surface area (Å²) >= 11 is 5.98. The van der Waals surface area contributed by atoms with E-state index in [0.717, 1.165) is 19.5 Å². The largest absolute Gasteiger partial charge is 0.872 e. The van der Waals surface area contributed by atoms with Crippen LogP contribution in [0, 0.1) is 0 Å². The third kappa shape index (κ3) is 5.80. The monoisotopic (exact) mass is 500 g/mol. The summed E-state index contributed by atoms with van der Waals surface area (Å²) in [7, 11) is 1.54. The van der Waals surface area contributed by atoms with Crippen LogP contribution in [0.3, 0.4) is 0 Å². The van der Waals surface area contributed by atoms with Crippen molar-refractivity contribution in [3.8, 4) is 11.5 Å². The maximum Gasteiger partial charge on any atom is 0.295 e. The topological polar surface area (TPSA) is 83.3 Å². The van der Waals surface area contributed by atoms with Crippen molar-refractivity contribution in [2.75, 3.05) is 39.9 Å². The molecule has 2 aromatic carbocycles. The number of halogens is 1. The molecule has 1 atom stereocenters. The quantitative estimate of drug-likeness (QED) is 0.291. The number of methoxy groups -OCH3 is 1. The van der Waals surface area contributed by atoms with Crippen molar-refractivity contribution < 1.29 is 29.1 Å². The average Bonchev–Trinajstić information content (AvgIpc) is 3.13. The van der Waals surface area contributed by atoms with Crippen molar-refractivity contribution in [3.63, 3.8) is 0 Å². The summed E-state index contributed by atoms with van der Waals surface area (Å²) in [6.45, 7) is 9.50. The average molecular weight is 501 g/mol. The van der Waals surface area contributed by atoms with Gasteiger partial charge in [-0.2, -0.15) is 0 Å². The highest BCUT2D eigenvalue weighted by Gasteiger charge is 2.44. The second-order valence-corrected chi connectivity index (χ2v) is 8.88. The molecular formula is C27H33ClN2O5. The van der Waals surface area contributed by atoms with Crippen LogP contribution in [0.4, 0.5) is 0 Å². The fourth-order valence-corrected chi connectivity index (χ4v) is 4.40. The Morgan fingerprint density at radius 2 is 1.74 bits per heavy atom. The fraction of sp³-hybridized carbons (Fsp3) is 0.407. The Morgan fingerprint density at radius 1 is 1.06 bits per heavy atom. The van der Waals surface area contributed by atoms with E-state index >= 15 is 0 Å². The first-order chi connectivity index (χ1) is 16.9. The van der Waals surface area contributed by atoms with E-state index in [-0.39, 0.29) is 5.57 Å². The Morgan fingerprint density at radius 3 is 2.34 bits per heavy atom. The number of ketones is 1. The number of Topliss-reactive ketones (excluding diaryl/α,β-unsaturated/α-hetero) is 1. The molecule has 188 valence electrons. The van der Waals surface area contributed by atoms with Gasteiger partial charge < -0.3 is 24.4 Å². The minimum absolute atomic E-state index is 0.0591. The summed E-state index contributed by atoms with van der Waals surface area (Å²) in [6.07, 6.45) is 0.839. The SMILES string of the molecule is CCCOc1ccc(C2C(=C([O-])c3ccc(Cl)cc3)C(=O)C(=O)N2CC[NH+](CC)CC)cc1OC. The van der Waals surface area contributed by atoms with Crippen LogP contribution in [0.15, 0.2) is 48.0 Å². The molecule has 1 heterocycles. The predicted molar refractivity (Wildman–Crippen MR) is 134 cm³/mol. The molecule has 0 aromatic heterocycles. The van der Waals surface area contributed by atoms with E-state index in [0.29, 0.717) is 47.3 Å². The minimum Gasteiger partial charge on any atom is -0.872 e. The molecule has 0 spiro atoms. The van der Waals surface area contributed by atoms with Crippen LogP contribution >= 0.6 is 11.6 Å². The van der Waals surface area contributed by atoms with Crippen molar-refractivity contribution in [3.05, 3.63) is 64.2 Å². The molecular weight excluding hydrogens is 468 g/mol. The molecule has 1 N–H and O–H groups in total. The van der Waals surface area contributed by atoms with Crippen LogP contribution in [-0.2, 0) is 9.59 Å². The zero-order valence-corrected chi connectivity index (χ0v) is 21.5. The number of hydrogen-bond donors (Lipinski definition) is 1. The molecule has 2 aromatic rings. The van der Waals surface area contributed by atoms with Gasteiger partial charge in [-0.05, 0) is 55.7 Å². The number of benzene rings is 2. The maximum absolute atomic E-state index is 13.5. The third-order valence-electron chi connectivity index (χ3n) is 6.31. The van der Waals surface area contributed by atoms with Crippen molar-refractivity contribution in [2.24, 2.45) is 0 Å². The van der Waals surface area contributed by atoms with Gasteiger partial charge in [0.1, 0.15) is 0 Å². The fourth-order valence-electron chi connectivity index (χ4n) is 4.27. The Bertz CT molecular complexity index is 1080. The van der Waals surface area contributed by atoms with Gasteiger partial charge in [-0.1, -0.05) is 42.5 Å². The molecule has 1 aliphatic heterocycles. The molecule has 0 bridgehead atoms. The number of carbonyl (C=O) groups excluding carboxylic acids is 2. The minimum atomic E-state index is -0.817. The van der Waals surface area contributed by atoms with E-state index in [2.05, 4.69) is 13.8 Å². The highest BCUT2D eigenvalue weighted by atomic mass is 35.5. The summed E-state index contributed by atoms with van der Waals surface area (Å²) in [5.41, 5.74) is 0.870. The number of hydrogen-bond acceptors (Lipinski definition) is 5. The Hall–Kier alpha value is -3.03. The number of likely N-dealkylation sites (tertiary alicyclic amines) is 1. The molecule has 1 saturated heterocycles. The molecule has 1 amide bonds. The first kappa shape index (κ1) is 26.6. The lowest BCUT2D eigenvalue weighted by Gasteiger charge is -2.29. The molecule has 3 rings (SSSR count). The van der Waals surface area contributed by atoms with Gasteiger partial charge in [0.05, 0.1) is 45.9 Å². The summed E-state index contributed by atoms with van der Waals surface area (Å²) in [4.78, 5) is 29.2. The molecule has 0 aliphatic carbocycles. The standard InChI is InChI=1S/C27H33ClN2O5/c1-5-16-35-21-13-10-19(17-22(21)34-4)24-23(25(31)18-8-11-20(28)12-9-18)26(32)27(33)30(24)15-14-29(6-2)7-3/h8-13,17,24,31H,5-7,14-16H2,1-4H3.